The second-order valence-electron chi connectivity index (χ2n) is 5.26. The number of ether oxygens (including phenoxy) is 1. The number of likely N-dealkylation sites (N-methyl/N-ethyl adjacent to an activating group) is 1. The average Bonchev–Trinajstić information content (AvgIpc) is 2.35. The van der Waals surface area contributed by atoms with Gasteiger partial charge in [0.2, 0.25) is 0 Å². The molecule has 0 radical (unpaired) electrons. The highest BCUT2D eigenvalue weighted by molar-refractivity contribution is 5.31. The molecule has 94 valence electrons. The lowest BCUT2D eigenvalue weighted by Gasteiger charge is -2.33. The molecule has 0 fully saturated rings. The van der Waals surface area contributed by atoms with E-state index in [1.165, 1.54) is 11.1 Å². The van der Waals surface area contributed by atoms with Crippen molar-refractivity contribution >= 4 is 0 Å². The van der Waals surface area contributed by atoms with E-state index >= 15 is 0 Å². The van der Waals surface area contributed by atoms with Crippen LogP contribution in [-0.2, 0) is 11.2 Å². The van der Waals surface area contributed by atoms with Crippen LogP contribution in [0.3, 0.4) is 0 Å². The minimum absolute atomic E-state index is 0.215. The van der Waals surface area contributed by atoms with E-state index in [9.17, 15) is 0 Å². The molecule has 0 bridgehead atoms. The van der Waals surface area contributed by atoms with Gasteiger partial charge in [-0.3, -0.25) is 0 Å². The van der Waals surface area contributed by atoms with E-state index in [0.717, 1.165) is 19.4 Å². The maximum Gasteiger partial charge on any atom is 0.0980 e. The normalized spacial score (nSPS) is 21.3. The van der Waals surface area contributed by atoms with Crippen LogP contribution in [-0.4, -0.2) is 19.7 Å². The highest BCUT2D eigenvalue weighted by Gasteiger charge is 2.27. The maximum atomic E-state index is 6.00. The smallest absolute Gasteiger partial charge is 0.0980 e. The molecule has 0 saturated heterocycles. The zero-order valence-electron chi connectivity index (χ0n) is 11.1. The molecule has 1 heterocycles. The fraction of sp³-hybridized carbons (Fsp3) is 0.600. The predicted octanol–water partition coefficient (Wildman–Crippen LogP) is 2.93. The topological polar surface area (TPSA) is 21.3 Å². The Morgan fingerprint density at radius 3 is 2.82 bits per heavy atom. The van der Waals surface area contributed by atoms with E-state index in [-0.39, 0.29) is 6.10 Å². The quantitative estimate of drug-likeness (QED) is 0.863. The molecular weight excluding hydrogens is 210 g/mol. The van der Waals surface area contributed by atoms with Gasteiger partial charge in [0.15, 0.2) is 0 Å². The maximum absolute atomic E-state index is 6.00. The third kappa shape index (κ3) is 2.88. The van der Waals surface area contributed by atoms with Gasteiger partial charge in [0.25, 0.3) is 0 Å². The Labute approximate surface area is 104 Å². The molecule has 2 heteroatoms. The summed E-state index contributed by atoms with van der Waals surface area (Å²) in [6.07, 6.45) is 2.41. The molecule has 2 rings (SSSR count). The van der Waals surface area contributed by atoms with Gasteiger partial charge in [-0.2, -0.15) is 0 Å². The molecule has 17 heavy (non-hydrogen) atoms. The first-order chi connectivity index (χ1) is 8.22. The van der Waals surface area contributed by atoms with Crippen molar-refractivity contribution in [3.8, 4) is 0 Å². The number of rotatable bonds is 4. The summed E-state index contributed by atoms with van der Waals surface area (Å²) < 4.78 is 6.00. The van der Waals surface area contributed by atoms with Gasteiger partial charge >= 0.3 is 0 Å². The second kappa shape index (κ2) is 5.65. The average molecular weight is 233 g/mol. The standard InChI is InChI=1S/C15H23NO/c1-11(2)10-14(16-3)15-13-7-5-4-6-12(13)8-9-17-15/h4-7,11,14-16H,8-10H2,1-3H3. The van der Waals surface area contributed by atoms with Gasteiger partial charge in [-0.1, -0.05) is 38.1 Å². The number of hydrogen-bond donors (Lipinski definition) is 1. The molecule has 1 aliphatic rings. The summed E-state index contributed by atoms with van der Waals surface area (Å²) in [5.41, 5.74) is 2.83. The molecule has 0 saturated carbocycles. The van der Waals surface area contributed by atoms with Crippen molar-refractivity contribution in [3.05, 3.63) is 35.4 Å². The van der Waals surface area contributed by atoms with Gasteiger partial charge in [-0.05, 0) is 36.9 Å². The van der Waals surface area contributed by atoms with Crippen LogP contribution in [0.4, 0.5) is 0 Å². The van der Waals surface area contributed by atoms with Crippen LogP contribution in [0.2, 0.25) is 0 Å². The number of fused-ring (bicyclic) bond motifs is 1. The van der Waals surface area contributed by atoms with Gasteiger partial charge in [0.05, 0.1) is 12.7 Å². The molecule has 0 aromatic heterocycles. The van der Waals surface area contributed by atoms with Crippen LogP contribution in [0.1, 0.15) is 37.5 Å². The summed E-state index contributed by atoms with van der Waals surface area (Å²) in [6, 6.07) is 9.09. The highest BCUT2D eigenvalue weighted by Crippen LogP contribution is 2.31. The Morgan fingerprint density at radius 2 is 2.12 bits per heavy atom. The Kier molecular flexibility index (Phi) is 4.19. The minimum Gasteiger partial charge on any atom is -0.372 e. The third-order valence-corrected chi connectivity index (χ3v) is 3.49. The van der Waals surface area contributed by atoms with E-state index in [2.05, 4.69) is 43.4 Å². The van der Waals surface area contributed by atoms with E-state index in [0.29, 0.717) is 12.0 Å². The number of hydrogen-bond acceptors (Lipinski definition) is 2. The summed E-state index contributed by atoms with van der Waals surface area (Å²) in [6.45, 7) is 5.37. The van der Waals surface area contributed by atoms with Crippen molar-refractivity contribution in [2.45, 2.75) is 38.8 Å². The fourth-order valence-corrected chi connectivity index (χ4v) is 2.66. The van der Waals surface area contributed by atoms with Gasteiger partial charge in [0, 0.05) is 6.04 Å². The Hall–Kier alpha value is -0.860. The molecule has 1 aromatic rings. The summed E-state index contributed by atoms with van der Waals surface area (Å²) in [5, 5.41) is 3.42. The number of benzene rings is 1. The Morgan fingerprint density at radius 1 is 1.35 bits per heavy atom. The summed E-state index contributed by atoms with van der Waals surface area (Å²) in [4.78, 5) is 0. The number of nitrogens with one attached hydrogen (secondary N) is 1. The third-order valence-electron chi connectivity index (χ3n) is 3.49. The van der Waals surface area contributed by atoms with Crippen LogP contribution >= 0.6 is 0 Å². The van der Waals surface area contributed by atoms with Gasteiger partial charge < -0.3 is 10.1 Å². The first-order valence-corrected chi connectivity index (χ1v) is 6.59. The van der Waals surface area contributed by atoms with Crippen molar-refractivity contribution in [2.24, 2.45) is 5.92 Å². The van der Waals surface area contributed by atoms with Gasteiger partial charge in [0.1, 0.15) is 0 Å². The lowest BCUT2D eigenvalue weighted by molar-refractivity contribution is 0.0122. The molecule has 0 spiro atoms. The molecule has 1 N–H and O–H groups in total. The van der Waals surface area contributed by atoms with Gasteiger partial charge in [-0.15, -0.1) is 0 Å². The lowest BCUT2D eigenvalue weighted by atomic mass is 9.89. The van der Waals surface area contributed by atoms with Crippen molar-refractivity contribution in [3.63, 3.8) is 0 Å². The predicted molar refractivity (Wildman–Crippen MR) is 71.1 cm³/mol. The first-order valence-electron chi connectivity index (χ1n) is 6.59. The van der Waals surface area contributed by atoms with Gasteiger partial charge in [-0.25, -0.2) is 0 Å². The van der Waals surface area contributed by atoms with Crippen molar-refractivity contribution < 1.29 is 4.74 Å². The molecular formula is C15H23NO. The molecule has 2 unspecified atom stereocenters. The van der Waals surface area contributed by atoms with Crippen LogP contribution in [0, 0.1) is 5.92 Å². The fourth-order valence-electron chi connectivity index (χ4n) is 2.66. The lowest BCUT2D eigenvalue weighted by Crippen LogP contribution is -2.37. The Bertz CT molecular complexity index is 362. The zero-order valence-corrected chi connectivity index (χ0v) is 11.1. The van der Waals surface area contributed by atoms with Crippen LogP contribution in [0.25, 0.3) is 0 Å². The molecule has 2 nitrogen and oxygen atoms in total. The molecule has 1 aliphatic heterocycles. The first kappa shape index (κ1) is 12.6. The van der Waals surface area contributed by atoms with Crippen molar-refractivity contribution in [2.75, 3.05) is 13.7 Å². The molecule has 0 amide bonds. The van der Waals surface area contributed by atoms with Crippen LogP contribution in [0.5, 0.6) is 0 Å². The van der Waals surface area contributed by atoms with Crippen molar-refractivity contribution in [1.82, 2.24) is 5.32 Å². The van der Waals surface area contributed by atoms with E-state index in [1.54, 1.807) is 0 Å². The van der Waals surface area contributed by atoms with E-state index in [4.69, 9.17) is 4.74 Å². The summed E-state index contributed by atoms with van der Waals surface area (Å²) in [5.74, 6) is 0.685. The summed E-state index contributed by atoms with van der Waals surface area (Å²) in [7, 11) is 2.04. The highest BCUT2D eigenvalue weighted by atomic mass is 16.5. The van der Waals surface area contributed by atoms with E-state index in [1.807, 2.05) is 7.05 Å². The van der Waals surface area contributed by atoms with E-state index < -0.39 is 0 Å². The largest absolute Gasteiger partial charge is 0.372 e. The molecule has 2 atom stereocenters. The SMILES string of the molecule is CNC(CC(C)C)C1OCCc2ccccc21. The molecule has 0 aliphatic carbocycles. The monoisotopic (exact) mass is 233 g/mol. The Balaban J connectivity index is 2.21. The van der Waals surface area contributed by atoms with Crippen LogP contribution in [0.15, 0.2) is 24.3 Å². The summed E-state index contributed by atoms with van der Waals surface area (Å²) >= 11 is 0. The minimum atomic E-state index is 0.215. The second-order valence-corrected chi connectivity index (χ2v) is 5.26. The zero-order chi connectivity index (χ0) is 12.3. The van der Waals surface area contributed by atoms with Crippen LogP contribution < -0.4 is 5.32 Å². The van der Waals surface area contributed by atoms with Crippen molar-refractivity contribution in [1.29, 1.82) is 0 Å². The molecule has 1 aromatic carbocycles.